The maximum atomic E-state index is 8.59. The summed E-state index contributed by atoms with van der Waals surface area (Å²) in [6.45, 7) is 0. The van der Waals surface area contributed by atoms with Crippen LogP contribution in [0.15, 0.2) is 0 Å². The zero-order valence-electron chi connectivity index (χ0n) is 3.34. The van der Waals surface area contributed by atoms with Crippen molar-refractivity contribution in [3.05, 3.63) is 0 Å². The second-order valence-corrected chi connectivity index (χ2v) is 1.68. The summed E-state index contributed by atoms with van der Waals surface area (Å²) < 4.78 is 34.4. The minimum atomic E-state index is -5.75. The molecule has 0 aromatic rings. The van der Waals surface area contributed by atoms with Gasteiger partial charge in [0.1, 0.15) is 0 Å². The van der Waals surface area contributed by atoms with E-state index in [9.17, 15) is 0 Å². The van der Waals surface area contributed by atoms with E-state index in [2.05, 4.69) is 0 Å². The predicted molar refractivity (Wildman–Crippen MR) is 7.36 cm³/mol. The first kappa shape index (κ1) is 15.6. The van der Waals surface area contributed by atoms with Gasteiger partial charge in [0.25, 0.3) is 0 Å². The van der Waals surface area contributed by atoms with Crippen LogP contribution in [0, 0.1) is 0 Å². The molecule has 0 unspecified atom stereocenters. The van der Waals surface area contributed by atoms with Gasteiger partial charge in [-0.2, -0.15) is 0 Å². The molecule has 0 rings (SSSR count). The molecule has 0 bridgehead atoms. The number of hydrogen-bond donors (Lipinski definition) is 1. The summed E-state index contributed by atoms with van der Waals surface area (Å²) in [7, 11) is 0. The molecule has 4 N–H and O–H groups in total. The van der Waals surface area contributed by atoms with E-state index >= 15 is 0 Å². The average Bonchev–Trinajstić information content (AvgIpc) is 0.722. The maximum absolute atomic E-state index is 8.59. The van der Waals surface area contributed by atoms with E-state index in [1.54, 1.807) is 0 Å². The fourth-order valence-electron chi connectivity index (χ4n) is 0. The van der Waals surface area contributed by atoms with Crippen LogP contribution in [0.25, 0.3) is 0 Å². The van der Waals surface area contributed by atoms with Crippen LogP contribution in [0.2, 0.25) is 0 Å². The van der Waals surface area contributed by atoms with Gasteiger partial charge in [0.2, 0.25) is 0 Å². The van der Waals surface area contributed by atoms with E-state index < -0.39 is 13.6 Å². The molecule has 7 heavy (non-hydrogen) atoms. The number of quaternary nitrogens is 1. The second kappa shape index (κ2) is 4.69. The monoisotopic (exact) mass is 197 g/mol. The van der Waals surface area contributed by atoms with Crippen molar-refractivity contribution in [2.45, 2.75) is 0 Å². The zero-order valence-corrected chi connectivity index (χ0v) is 5.56. The predicted octanol–water partition coefficient (Wildman–Crippen LogP) is -2.24. The first-order valence-corrected chi connectivity index (χ1v) is 2.75. The van der Waals surface area contributed by atoms with Crippen molar-refractivity contribution in [3.8, 4) is 0 Å². The Morgan fingerprint density at radius 2 is 1.14 bits per heavy atom. The summed E-state index contributed by atoms with van der Waals surface area (Å²) in [6.07, 6.45) is 0. The van der Waals surface area contributed by atoms with Gasteiger partial charge in [0.15, 0.2) is 0 Å². The van der Waals surface area contributed by atoms with Crippen molar-refractivity contribution >= 4 is 0 Å². The Labute approximate surface area is 53.2 Å². The minimum absolute atomic E-state index is 0. The van der Waals surface area contributed by atoms with E-state index in [-0.39, 0.29) is 23.2 Å². The van der Waals surface area contributed by atoms with Gasteiger partial charge in [-0.1, -0.05) is 0 Å². The standard InChI is InChI=1S/Cr.Cu.H3N.4O/h;;1H3;;;;/q;+2;;;;2*-1/p+1. The Bertz CT molecular complexity index is 94.9. The van der Waals surface area contributed by atoms with E-state index in [0.29, 0.717) is 0 Å². The molecule has 7 heteroatoms. The van der Waals surface area contributed by atoms with Gasteiger partial charge in [-0.25, -0.2) is 0 Å². The average molecular weight is 198 g/mol. The van der Waals surface area contributed by atoms with Crippen LogP contribution in [0.4, 0.5) is 0 Å². The summed E-state index contributed by atoms with van der Waals surface area (Å²) in [5, 5.41) is 0. The number of rotatable bonds is 0. The normalized spacial score (nSPS) is 8.29. The number of hydrogen-bond acceptors (Lipinski definition) is 4. The molecule has 0 saturated heterocycles. The van der Waals surface area contributed by atoms with Crippen LogP contribution in [0.1, 0.15) is 0 Å². The summed E-state index contributed by atoms with van der Waals surface area (Å²) in [6, 6.07) is 0. The van der Waals surface area contributed by atoms with Crippen LogP contribution >= 0.6 is 0 Å². The van der Waals surface area contributed by atoms with Gasteiger partial charge < -0.3 is 6.15 Å². The third-order valence-electron chi connectivity index (χ3n) is 0. The zero-order chi connectivity index (χ0) is 4.50. The van der Waals surface area contributed by atoms with Crippen LogP contribution in [0.3, 0.4) is 0 Å². The Kier molecular flexibility index (Phi) is 10.5. The summed E-state index contributed by atoms with van der Waals surface area (Å²) >= 11 is -5.75. The van der Waals surface area contributed by atoms with Gasteiger partial charge in [0, 0.05) is 0 Å². The molecule has 0 atom stereocenters. The third-order valence-corrected chi connectivity index (χ3v) is 0. The summed E-state index contributed by atoms with van der Waals surface area (Å²) in [4.78, 5) is 0. The van der Waals surface area contributed by atoms with E-state index in [1.807, 2.05) is 0 Å². The van der Waals surface area contributed by atoms with Crippen molar-refractivity contribution in [2.75, 3.05) is 0 Å². The second-order valence-electron chi connectivity index (χ2n) is 0.408. The van der Waals surface area contributed by atoms with Gasteiger partial charge >= 0.3 is 46.6 Å². The van der Waals surface area contributed by atoms with Crippen LogP contribution in [0.5, 0.6) is 0 Å². The molecule has 0 aliphatic rings. The van der Waals surface area contributed by atoms with E-state index in [1.165, 1.54) is 0 Å². The molecule has 1 radical (unpaired) electrons. The molecule has 0 fully saturated rings. The fraction of sp³-hybridized carbons (Fsp3) is 0. The molecular formula is H4CrCuNO4+. The Hall–Kier alpha value is 0.532. The quantitative estimate of drug-likeness (QED) is 0.442. The van der Waals surface area contributed by atoms with Gasteiger partial charge in [-0.3, -0.25) is 0 Å². The molecule has 0 spiro atoms. The Morgan fingerprint density at radius 3 is 1.14 bits per heavy atom. The molecule has 0 amide bonds. The first-order chi connectivity index (χ1) is 2.00. The summed E-state index contributed by atoms with van der Waals surface area (Å²) in [5.41, 5.74) is 0. The van der Waals surface area contributed by atoms with Crippen molar-refractivity contribution in [2.24, 2.45) is 0 Å². The molecule has 0 saturated carbocycles. The van der Waals surface area contributed by atoms with Crippen LogP contribution < -0.4 is 14.5 Å². The van der Waals surface area contributed by atoms with Crippen molar-refractivity contribution in [3.63, 3.8) is 0 Å². The molecular weight excluding hydrogens is 194 g/mol. The summed E-state index contributed by atoms with van der Waals surface area (Å²) in [5.74, 6) is 0. The van der Waals surface area contributed by atoms with Gasteiger partial charge in [-0.05, 0) is 0 Å². The molecule has 0 aromatic carbocycles. The molecule has 5 nitrogen and oxygen atoms in total. The SMILES string of the molecule is [Cu+2].[NH4+].[O]=[Cr](=[O])([O-])[O-]. The molecule has 0 aliphatic heterocycles. The van der Waals surface area contributed by atoms with Crippen LogP contribution in [-0.4, -0.2) is 0 Å². The van der Waals surface area contributed by atoms with E-state index in [4.69, 9.17) is 15.9 Å². The van der Waals surface area contributed by atoms with Gasteiger partial charge in [-0.15, -0.1) is 0 Å². The molecule has 0 aromatic heterocycles. The third kappa shape index (κ3) is 474. The van der Waals surface area contributed by atoms with Crippen molar-refractivity contribution in [1.29, 1.82) is 0 Å². The first-order valence-electron chi connectivity index (χ1n) is 0.667. The van der Waals surface area contributed by atoms with Gasteiger partial charge in [0.05, 0.1) is 0 Å². The van der Waals surface area contributed by atoms with Crippen molar-refractivity contribution in [1.82, 2.24) is 6.15 Å². The molecule has 0 aliphatic carbocycles. The Morgan fingerprint density at radius 1 is 1.14 bits per heavy atom. The topological polar surface area (TPSA) is 117 Å². The molecule has 49 valence electrons. The fourth-order valence-corrected chi connectivity index (χ4v) is 0. The van der Waals surface area contributed by atoms with E-state index in [0.717, 1.165) is 0 Å². The van der Waals surface area contributed by atoms with Crippen LogP contribution in [-0.2, 0) is 38.3 Å². The van der Waals surface area contributed by atoms with Crippen molar-refractivity contribution < 1.29 is 46.6 Å². The Balaban J connectivity index is -0.0000000800. The molecule has 0 heterocycles.